The van der Waals surface area contributed by atoms with Crippen LogP contribution in [0, 0.1) is 0 Å². The maximum Gasteiger partial charge on any atom is 0.0710 e. The van der Waals surface area contributed by atoms with Gasteiger partial charge in [0.2, 0.25) is 0 Å². The molecule has 1 N–H and O–H groups in total. The quantitative estimate of drug-likeness (QED) is 0.202. The van der Waals surface area contributed by atoms with Gasteiger partial charge in [0.25, 0.3) is 0 Å². The average Bonchev–Trinajstić information content (AvgIpc) is 3.45. The molecule has 0 spiro atoms. The van der Waals surface area contributed by atoms with E-state index in [0.717, 1.165) is 45.2 Å². The summed E-state index contributed by atoms with van der Waals surface area (Å²) >= 11 is 0. The second-order valence-electron chi connectivity index (χ2n) is 14.5. The molecule has 3 nitrogen and oxygen atoms in total. The number of aromatic amines is 1. The summed E-state index contributed by atoms with van der Waals surface area (Å²) in [4.78, 5) is 8.81. The van der Waals surface area contributed by atoms with Crippen molar-refractivity contribution in [2.45, 2.75) is 52.4 Å². The molecule has 0 saturated carbocycles. The summed E-state index contributed by atoms with van der Waals surface area (Å²) in [6.07, 6.45) is 0. The van der Waals surface area contributed by atoms with Gasteiger partial charge in [0.15, 0.2) is 0 Å². The number of nitrogens with zero attached hydrogens (tertiary/aromatic N) is 2. The van der Waals surface area contributed by atoms with Gasteiger partial charge < -0.3 is 14.8 Å². The van der Waals surface area contributed by atoms with E-state index in [4.69, 9.17) is 0 Å². The van der Waals surface area contributed by atoms with Gasteiger partial charge in [0.1, 0.15) is 0 Å². The summed E-state index contributed by atoms with van der Waals surface area (Å²) in [6, 6.07) is 52.4. The van der Waals surface area contributed by atoms with Gasteiger partial charge in [-0.2, -0.15) is 0 Å². The van der Waals surface area contributed by atoms with Crippen LogP contribution in [0.3, 0.4) is 0 Å². The maximum absolute atomic E-state index is 4.03. The lowest BCUT2D eigenvalue weighted by Crippen LogP contribution is -2.15. The highest BCUT2D eigenvalue weighted by Crippen LogP contribution is 2.47. The molecule has 234 valence electrons. The van der Waals surface area contributed by atoms with Gasteiger partial charge in [-0.25, -0.2) is 0 Å². The van der Waals surface area contributed by atoms with Crippen molar-refractivity contribution in [3.63, 3.8) is 0 Å². The smallest absolute Gasteiger partial charge is 0.0710 e. The van der Waals surface area contributed by atoms with Crippen LogP contribution in [0.5, 0.6) is 0 Å². The Labute approximate surface area is 279 Å². The fourth-order valence-electron chi connectivity index (χ4n) is 6.45. The van der Waals surface area contributed by atoms with E-state index < -0.39 is 0 Å². The summed E-state index contributed by atoms with van der Waals surface area (Å²) in [5, 5.41) is 2.46. The van der Waals surface area contributed by atoms with Crippen LogP contribution >= 0.6 is 0 Å². The molecule has 0 aliphatic rings. The summed E-state index contributed by atoms with van der Waals surface area (Å²) in [5.41, 5.74) is 11.5. The van der Waals surface area contributed by atoms with Crippen molar-refractivity contribution in [1.82, 2.24) is 4.98 Å². The van der Waals surface area contributed by atoms with Crippen LogP contribution < -0.4 is 9.80 Å². The molecule has 7 aromatic rings. The third-order valence-corrected chi connectivity index (χ3v) is 9.05. The number of hydrogen-bond donors (Lipinski definition) is 1. The Kier molecular flexibility index (Phi) is 7.64. The van der Waals surface area contributed by atoms with Gasteiger partial charge in [-0.3, -0.25) is 0 Å². The number of anilines is 6. The van der Waals surface area contributed by atoms with Gasteiger partial charge in [0.05, 0.1) is 22.4 Å². The number of para-hydroxylation sites is 4. The maximum atomic E-state index is 4.03. The molecular formula is C44H43N3. The summed E-state index contributed by atoms with van der Waals surface area (Å²) in [6.45, 7) is 13.8. The number of rotatable bonds is 6. The molecule has 0 amide bonds. The minimum atomic E-state index is -0.0594. The first kappa shape index (κ1) is 30.4. The molecule has 3 heteroatoms. The van der Waals surface area contributed by atoms with Crippen molar-refractivity contribution in [1.29, 1.82) is 0 Å². The zero-order chi connectivity index (χ0) is 32.8. The van der Waals surface area contributed by atoms with Crippen LogP contribution in [0.1, 0.15) is 52.7 Å². The Morgan fingerprint density at radius 1 is 0.383 bits per heavy atom. The Morgan fingerprint density at radius 2 is 0.660 bits per heavy atom. The molecule has 0 fully saturated rings. The molecule has 0 atom stereocenters. The molecule has 47 heavy (non-hydrogen) atoms. The first-order valence-electron chi connectivity index (χ1n) is 16.5. The summed E-state index contributed by atoms with van der Waals surface area (Å²) in [5.74, 6) is 0. The molecule has 0 aliphatic carbocycles. The zero-order valence-electron chi connectivity index (χ0n) is 28.3. The van der Waals surface area contributed by atoms with Crippen LogP contribution in [0.25, 0.3) is 21.8 Å². The van der Waals surface area contributed by atoms with Gasteiger partial charge in [-0.15, -0.1) is 0 Å². The van der Waals surface area contributed by atoms with Crippen molar-refractivity contribution in [3.05, 3.63) is 157 Å². The fraction of sp³-hybridized carbons (Fsp3) is 0.182. The number of hydrogen-bond acceptors (Lipinski definition) is 2. The molecule has 1 heterocycles. The van der Waals surface area contributed by atoms with Crippen LogP contribution in [0.4, 0.5) is 34.1 Å². The average molecular weight is 614 g/mol. The molecule has 0 bridgehead atoms. The lowest BCUT2D eigenvalue weighted by atomic mass is 9.84. The Hall–Kier alpha value is -5.28. The molecular weight excluding hydrogens is 571 g/mol. The fourth-order valence-corrected chi connectivity index (χ4v) is 6.45. The molecule has 7 rings (SSSR count). The van der Waals surface area contributed by atoms with Crippen LogP contribution in [0.15, 0.2) is 146 Å². The Balaban J connectivity index is 1.62. The minimum Gasteiger partial charge on any atom is -0.351 e. The summed E-state index contributed by atoms with van der Waals surface area (Å²) in [7, 11) is 0. The third kappa shape index (κ3) is 5.79. The van der Waals surface area contributed by atoms with E-state index in [0.29, 0.717) is 0 Å². The van der Waals surface area contributed by atoms with Crippen molar-refractivity contribution >= 4 is 55.9 Å². The normalized spacial score (nSPS) is 12.0. The van der Waals surface area contributed by atoms with Crippen molar-refractivity contribution in [3.8, 4) is 0 Å². The monoisotopic (exact) mass is 613 g/mol. The van der Waals surface area contributed by atoms with Crippen molar-refractivity contribution in [2.75, 3.05) is 9.80 Å². The predicted octanol–water partition coefficient (Wildman–Crippen LogP) is 12.9. The van der Waals surface area contributed by atoms with Gasteiger partial charge in [-0.1, -0.05) is 114 Å². The van der Waals surface area contributed by atoms with E-state index in [1.807, 2.05) is 0 Å². The lowest BCUT2D eigenvalue weighted by Gasteiger charge is -2.28. The van der Waals surface area contributed by atoms with E-state index in [-0.39, 0.29) is 10.8 Å². The van der Waals surface area contributed by atoms with Gasteiger partial charge in [0, 0.05) is 33.5 Å². The first-order valence-corrected chi connectivity index (χ1v) is 16.5. The lowest BCUT2D eigenvalue weighted by molar-refractivity contribution is 0.590. The second-order valence-corrected chi connectivity index (χ2v) is 14.5. The number of benzene rings is 6. The number of aromatic nitrogens is 1. The van der Waals surface area contributed by atoms with Gasteiger partial charge in [-0.05, 0) is 94.8 Å². The first-order chi connectivity index (χ1) is 22.6. The number of nitrogens with one attached hydrogen (secondary N) is 1. The van der Waals surface area contributed by atoms with Crippen molar-refractivity contribution < 1.29 is 0 Å². The van der Waals surface area contributed by atoms with E-state index >= 15 is 0 Å². The molecule has 0 aliphatic heterocycles. The largest absolute Gasteiger partial charge is 0.351 e. The van der Waals surface area contributed by atoms with E-state index in [2.05, 4.69) is 202 Å². The van der Waals surface area contributed by atoms with E-state index in [9.17, 15) is 0 Å². The molecule has 0 unspecified atom stereocenters. The van der Waals surface area contributed by atoms with Crippen LogP contribution in [-0.4, -0.2) is 4.98 Å². The topological polar surface area (TPSA) is 22.3 Å². The molecule has 6 aromatic carbocycles. The molecule has 0 saturated heterocycles. The third-order valence-electron chi connectivity index (χ3n) is 9.05. The highest BCUT2D eigenvalue weighted by molar-refractivity contribution is 6.17. The highest BCUT2D eigenvalue weighted by Gasteiger charge is 2.27. The molecule has 1 aromatic heterocycles. The second kappa shape index (κ2) is 11.8. The Bertz CT molecular complexity index is 1900. The number of H-pyrrole nitrogens is 1. The zero-order valence-corrected chi connectivity index (χ0v) is 28.3. The van der Waals surface area contributed by atoms with E-state index in [1.165, 1.54) is 21.9 Å². The van der Waals surface area contributed by atoms with Crippen molar-refractivity contribution in [2.24, 2.45) is 0 Å². The van der Waals surface area contributed by atoms with Crippen LogP contribution in [-0.2, 0) is 10.8 Å². The van der Waals surface area contributed by atoms with Crippen LogP contribution in [0.2, 0.25) is 0 Å². The van der Waals surface area contributed by atoms with E-state index in [1.54, 1.807) is 0 Å². The SMILES string of the molecule is CC(C)(C)c1cc(N(c2ccccc2)c2ccccc2)c2[nH]c3c(N(c4ccccc4)c4ccccc4)cc(C(C)(C)C)cc3c2c1. The minimum absolute atomic E-state index is 0.0594. The number of fused-ring (bicyclic) bond motifs is 3. The summed E-state index contributed by atoms with van der Waals surface area (Å²) < 4.78 is 0. The highest BCUT2D eigenvalue weighted by atomic mass is 15.2. The van der Waals surface area contributed by atoms with Gasteiger partial charge >= 0.3 is 0 Å². The predicted molar refractivity (Wildman–Crippen MR) is 203 cm³/mol. The molecule has 0 radical (unpaired) electrons. The standard InChI is InChI=1S/C44H43N3/c1-43(2,3)31-27-37-38-28-32(44(4,5)6)30-40(47(35-23-15-9-16-24-35)36-25-17-10-18-26-36)42(38)45-41(37)39(29-31)46(33-19-11-7-12-20-33)34-21-13-8-14-22-34/h7-30,45H,1-6H3. The Morgan fingerprint density at radius 3 is 0.915 bits per heavy atom.